The average molecular weight is 304 g/mol. The van der Waals surface area contributed by atoms with Gasteiger partial charge in [0, 0.05) is 12.6 Å². The second-order valence-electron chi connectivity index (χ2n) is 4.87. The van der Waals surface area contributed by atoms with E-state index in [1.165, 1.54) is 0 Å². The summed E-state index contributed by atoms with van der Waals surface area (Å²) < 4.78 is 27.1. The predicted molar refractivity (Wildman–Crippen MR) is 84.4 cm³/mol. The highest BCUT2D eigenvalue weighted by Gasteiger charge is 2.16. The molecule has 2 aromatic rings. The Kier molecular flexibility index (Phi) is 5.12. The Morgan fingerprint density at radius 3 is 2.48 bits per heavy atom. The smallest absolute Gasteiger partial charge is 0.240 e. The van der Waals surface area contributed by atoms with Crippen LogP contribution in [0.3, 0.4) is 0 Å². The first-order chi connectivity index (χ1) is 10.0. The molecule has 3 N–H and O–H groups in total. The first kappa shape index (κ1) is 15.7. The zero-order valence-corrected chi connectivity index (χ0v) is 12.8. The quantitative estimate of drug-likeness (QED) is 0.859. The maximum Gasteiger partial charge on any atom is 0.240 e. The highest BCUT2D eigenvalue weighted by atomic mass is 32.2. The van der Waals surface area contributed by atoms with Gasteiger partial charge in [-0.3, -0.25) is 0 Å². The van der Waals surface area contributed by atoms with Gasteiger partial charge in [0.15, 0.2) is 0 Å². The molecule has 112 valence electrons. The van der Waals surface area contributed by atoms with Gasteiger partial charge in [-0.25, -0.2) is 13.1 Å². The lowest BCUT2D eigenvalue weighted by atomic mass is 10.1. The summed E-state index contributed by atoms with van der Waals surface area (Å²) in [6.45, 7) is 2.16. The van der Waals surface area contributed by atoms with Crippen molar-refractivity contribution in [1.82, 2.24) is 4.72 Å². The Balaban J connectivity index is 2.07. The lowest BCUT2D eigenvalue weighted by Crippen LogP contribution is -2.32. The molecule has 1 unspecified atom stereocenters. The van der Waals surface area contributed by atoms with E-state index >= 15 is 0 Å². The van der Waals surface area contributed by atoms with Crippen molar-refractivity contribution >= 4 is 10.0 Å². The van der Waals surface area contributed by atoms with Gasteiger partial charge in [-0.1, -0.05) is 49.4 Å². The number of sulfonamides is 1. The summed E-state index contributed by atoms with van der Waals surface area (Å²) in [4.78, 5) is 0.280. The van der Waals surface area contributed by atoms with Crippen LogP contribution in [-0.4, -0.2) is 15.0 Å². The van der Waals surface area contributed by atoms with Crippen LogP contribution < -0.4 is 10.5 Å². The summed E-state index contributed by atoms with van der Waals surface area (Å²) in [6, 6.07) is 16.0. The lowest BCUT2D eigenvalue weighted by molar-refractivity contribution is 0.572. The Labute approximate surface area is 126 Å². The van der Waals surface area contributed by atoms with Gasteiger partial charge in [0.25, 0.3) is 0 Å². The van der Waals surface area contributed by atoms with E-state index in [2.05, 4.69) is 4.72 Å². The second kappa shape index (κ2) is 6.85. The van der Waals surface area contributed by atoms with E-state index < -0.39 is 10.0 Å². The Hall–Kier alpha value is -1.69. The Morgan fingerprint density at radius 2 is 1.81 bits per heavy atom. The molecule has 21 heavy (non-hydrogen) atoms. The molecule has 0 amide bonds. The van der Waals surface area contributed by atoms with Crippen molar-refractivity contribution in [2.45, 2.75) is 24.3 Å². The molecular weight excluding hydrogens is 284 g/mol. The fraction of sp³-hybridized carbons (Fsp3) is 0.250. The molecule has 2 aromatic carbocycles. The molecule has 0 aliphatic heterocycles. The number of hydrogen-bond donors (Lipinski definition) is 2. The first-order valence-electron chi connectivity index (χ1n) is 6.92. The molecule has 1 atom stereocenters. The first-order valence-corrected chi connectivity index (χ1v) is 8.40. The number of aryl methyl sites for hydroxylation is 1. The molecule has 0 saturated carbocycles. The molecule has 0 radical (unpaired) electrons. The molecular formula is C16H20N2O2S. The minimum atomic E-state index is -3.53. The molecule has 0 heterocycles. The Bertz CT molecular complexity index is 684. The van der Waals surface area contributed by atoms with Crippen LogP contribution in [0.15, 0.2) is 59.5 Å². The molecule has 0 aromatic heterocycles. The highest BCUT2D eigenvalue weighted by molar-refractivity contribution is 7.89. The summed E-state index contributed by atoms with van der Waals surface area (Å²) in [5.74, 6) is 0. The van der Waals surface area contributed by atoms with E-state index in [9.17, 15) is 8.42 Å². The largest absolute Gasteiger partial charge is 0.323 e. The molecule has 0 spiro atoms. The van der Waals surface area contributed by atoms with E-state index in [1.54, 1.807) is 18.2 Å². The van der Waals surface area contributed by atoms with Crippen LogP contribution in [0.1, 0.15) is 24.1 Å². The van der Waals surface area contributed by atoms with Crippen molar-refractivity contribution in [2.75, 3.05) is 6.54 Å². The monoisotopic (exact) mass is 304 g/mol. The SMILES string of the molecule is CCc1cccc(S(=O)(=O)NCC(N)c2ccccc2)c1. The number of hydrogen-bond acceptors (Lipinski definition) is 3. The molecule has 0 fully saturated rings. The summed E-state index contributed by atoms with van der Waals surface area (Å²) >= 11 is 0. The lowest BCUT2D eigenvalue weighted by Gasteiger charge is -2.13. The fourth-order valence-electron chi connectivity index (χ4n) is 2.03. The maximum absolute atomic E-state index is 12.3. The minimum absolute atomic E-state index is 0.169. The zero-order valence-electron chi connectivity index (χ0n) is 12.0. The van der Waals surface area contributed by atoms with E-state index in [4.69, 9.17) is 5.73 Å². The van der Waals surface area contributed by atoms with Crippen molar-refractivity contribution < 1.29 is 8.42 Å². The number of rotatable bonds is 6. The van der Waals surface area contributed by atoms with E-state index in [-0.39, 0.29) is 17.5 Å². The third-order valence-corrected chi connectivity index (χ3v) is 4.76. The molecule has 0 aliphatic carbocycles. The molecule has 0 aliphatic rings. The van der Waals surface area contributed by atoms with Crippen molar-refractivity contribution in [3.05, 3.63) is 65.7 Å². The summed E-state index contributed by atoms with van der Waals surface area (Å²) in [5, 5.41) is 0. The van der Waals surface area contributed by atoms with Gasteiger partial charge in [0.1, 0.15) is 0 Å². The third kappa shape index (κ3) is 4.14. The average Bonchev–Trinajstić information content (AvgIpc) is 2.53. The van der Waals surface area contributed by atoms with Crippen LogP contribution in [0.2, 0.25) is 0 Å². The second-order valence-corrected chi connectivity index (χ2v) is 6.64. The molecule has 0 saturated heterocycles. The predicted octanol–water partition coefficient (Wildman–Crippen LogP) is 2.23. The number of benzene rings is 2. The van der Waals surface area contributed by atoms with Crippen LogP contribution in [0, 0.1) is 0 Å². The van der Waals surface area contributed by atoms with Gasteiger partial charge in [-0.15, -0.1) is 0 Å². The molecule has 4 nitrogen and oxygen atoms in total. The maximum atomic E-state index is 12.3. The van der Waals surface area contributed by atoms with Crippen molar-refractivity contribution in [3.8, 4) is 0 Å². The van der Waals surface area contributed by atoms with E-state index in [0.29, 0.717) is 0 Å². The third-order valence-electron chi connectivity index (χ3n) is 3.34. The van der Waals surface area contributed by atoms with Gasteiger partial charge in [-0.05, 0) is 29.7 Å². The number of nitrogens with two attached hydrogens (primary N) is 1. The molecule has 0 bridgehead atoms. The Morgan fingerprint density at radius 1 is 1.10 bits per heavy atom. The standard InChI is InChI=1S/C16H20N2O2S/c1-2-13-7-6-10-15(11-13)21(19,20)18-12-16(17)14-8-4-3-5-9-14/h3-11,16,18H,2,12,17H2,1H3. The summed E-state index contributed by atoms with van der Waals surface area (Å²) in [7, 11) is -3.53. The van der Waals surface area contributed by atoms with Crippen molar-refractivity contribution in [3.63, 3.8) is 0 Å². The van der Waals surface area contributed by atoms with Gasteiger partial charge < -0.3 is 5.73 Å². The number of nitrogens with one attached hydrogen (secondary N) is 1. The van der Waals surface area contributed by atoms with Crippen LogP contribution in [0.5, 0.6) is 0 Å². The van der Waals surface area contributed by atoms with E-state index in [0.717, 1.165) is 17.5 Å². The zero-order chi connectivity index (χ0) is 15.3. The van der Waals surface area contributed by atoms with E-state index in [1.807, 2.05) is 43.3 Å². The normalized spacial score (nSPS) is 13.0. The highest BCUT2D eigenvalue weighted by Crippen LogP contribution is 2.13. The minimum Gasteiger partial charge on any atom is -0.323 e. The van der Waals surface area contributed by atoms with Gasteiger partial charge in [0.05, 0.1) is 4.90 Å². The fourth-order valence-corrected chi connectivity index (χ4v) is 3.16. The van der Waals surface area contributed by atoms with Crippen LogP contribution in [0.25, 0.3) is 0 Å². The molecule has 5 heteroatoms. The van der Waals surface area contributed by atoms with Crippen molar-refractivity contribution in [1.29, 1.82) is 0 Å². The van der Waals surface area contributed by atoms with Crippen LogP contribution in [-0.2, 0) is 16.4 Å². The topological polar surface area (TPSA) is 72.2 Å². The van der Waals surface area contributed by atoms with Crippen molar-refractivity contribution in [2.24, 2.45) is 5.73 Å². The van der Waals surface area contributed by atoms with Crippen LogP contribution >= 0.6 is 0 Å². The molecule has 2 rings (SSSR count). The van der Waals surface area contributed by atoms with Gasteiger partial charge in [-0.2, -0.15) is 0 Å². The summed E-state index contributed by atoms with van der Waals surface area (Å²) in [5.41, 5.74) is 7.91. The summed E-state index contributed by atoms with van der Waals surface area (Å²) in [6.07, 6.45) is 0.799. The van der Waals surface area contributed by atoms with Gasteiger partial charge >= 0.3 is 0 Å². The van der Waals surface area contributed by atoms with Gasteiger partial charge in [0.2, 0.25) is 10.0 Å². The van der Waals surface area contributed by atoms with Crippen LogP contribution in [0.4, 0.5) is 0 Å².